The number of rotatable bonds is 10. The number of nitrogens with one attached hydrogen (secondary N) is 1. The third-order valence-electron chi connectivity index (χ3n) is 4.78. The SMILES string of the molecule is COc1cc(C=NNC(=O)CSc2nnc(-c3ccccc3)s2)ccc1OCc1c(Cl)cccc1Cl. The van der Waals surface area contributed by atoms with Crippen molar-refractivity contribution in [2.45, 2.75) is 10.9 Å². The summed E-state index contributed by atoms with van der Waals surface area (Å²) in [5.41, 5.74) is 4.93. The van der Waals surface area contributed by atoms with E-state index in [0.717, 1.165) is 16.1 Å². The molecule has 11 heteroatoms. The molecule has 0 radical (unpaired) electrons. The number of carbonyl (C=O) groups is 1. The van der Waals surface area contributed by atoms with Crippen LogP contribution in [0, 0.1) is 0 Å². The van der Waals surface area contributed by atoms with Gasteiger partial charge in [-0.05, 0) is 35.9 Å². The maximum absolute atomic E-state index is 12.2. The predicted molar refractivity (Wildman–Crippen MR) is 146 cm³/mol. The summed E-state index contributed by atoms with van der Waals surface area (Å²) in [6.07, 6.45) is 1.53. The Morgan fingerprint density at radius 3 is 2.58 bits per heavy atom. The van der Waals surface area contributed by atoms with Crippen LogP contribution in [0.5, 0.6) is 11.5 Å². The Morgan fingerprint density at radius 1 is 1.06 bits per heavy atom. The Labute approximate surface area is 226 Å². The molecule has 1 aromatic heterocycles. The summed E-state index contributed by atoms with van der Waals surface area (Å²) >= 11 is 15.2. The van der Waals surface area contributed by atoms with Crippen molar-refractivity contribution >= 4 is 58.4 Å². The summed E-state index contributed by atoms with van der Waals surface area (Å²) in [7, 11) is 1.54. The number of amides is 1. The molecule has 0 aliphatic carbocycles. The van der Waals surface area contributed by atoms with Gasteiger partial charge in [0.05, 0.1) is 19.1 Å². The maximum Gasteiger partial charge on any atom is 0.250 e. The van der Waals surface area contributed by atoms with Crippen LogP contribution in [0.3, 0.4) is 0 Å². The first-order valence-electron chi connectivity index (χ1n) is 10.6. The predicted octanol–water partition coefficient (Wildman–Crippen LogP) is 6.34. The summed E-state index contributed by atoms with van der Waals surface area (Å²) in [5.74, 6) is 0.949. The van der Waals surface area contributed by atoms with Crippen molar-refractivity contribution in [3.63, 3.8) is 0 Å². The van der Waals surface area contributed by atoms with Gasteiger partial charge in [-0.3, -0.25) is 4.79 Å². The quantitative estimate of drug-likeness (QED) is 0.139. The van der Waals surface area contributed by atoms with Crippen LogP contribution in [0.15, 0.2) is 76.2 Å². The van der Waals surface area contributed by atoms with Gasteiger partial charge in [-0.25, -0.2) is 5.43 Å². The smallest absolute Gasteiger partial charge is 0.250 e. The lowest BCUT2D eigenvalue weighted by molar-refractivity contribution is -0.118. The number of carbonyl (C=O) groups excluding carboxylic acids is 1. The van der Waals surface area contributed by atoms with E-state index in [1.54, 1.807) is 43.5 Å². The Bertz CT molecular complexity index is 1350. The molecular weight excluding hydrogens is 539 g/mol. The monoisotopic (exact) mass is 558 g/mol. The fraction of sp³-hybridized carbons (Fsp3) is 0.120. The van der Waals surface area contributed by atoms with E-state index in [0.29, 0.717) is 31.4 Å². The van der Waals surface area contributed by atoms with Crippen LogP contribution in [0.2, 0.25) is 10.0 Å². The molecule has 0 aliphatic rings. The molecule has 0 atom stereocenters. The topological polar surface area (TPSA) is 85.7 Å². The van der Waals surface area contributed by atoms with Crippen LogP contribution in [-0.2, 0) is 11.4 Å². The van der Waals surface area contributed by atoms with Gasteiger partial charge in [0.2, 0.25) is 0 Å². The maximum atomic E-state index is 12.2. The normalized spacial score (nSPS) is 11.0. The number of aromatic nitrogens is 2. The fourth-order valence-electron chi connectivity index (χ4n) is 3.01. The highest BCUT2D eigenvalue weighted by Gasteiger charge is 2.11. The molecule has 0 aliphatic heterocycles. The van der Waals surface area contributed by atoms with E-state index in [1.165, 1.54) is 29.3 Å². The number of halogens is 2. The molecule has 0 saturated heterocycles. The van der Waals surface area contributed by atoms with Gasteiger partial charge in [-0.1, -0.05) is 82.7 Å². The van der Waals surface area contributed by atoms with Crippen molar-refractivity contribution in [2.75, 3.05) is 12.9 Å². The lowest BCUT2D eigenvalue weighted by Gasteiger charge is -2.13. The molecule has 1 amide bonds. The molecule has 1 N–H and O–H groups in total. The van der Waals surface area contributed by atoms with Crippen LogP contribution in [0.1, 0.15) is 11.1 Å². The minimum absolute atomic E-state index is 0.168. The van der Waals surface area contributed by atoms with E-state index in [2.05, 4.69) is 20.7 Å². The fourth-order valence-corrected chi connectivity index (χ4v) is 5.16. The Hall–Kier alpha value is -3.11. The minimum atomic E-state index is -0.253. The molecule has 0 unspecified atom stereocenters. The van der Waals surface area contributed by atoms with Gasteiger partial charge in [0.15, 0.2) is 15.8 Å². The van der Waals surface area contributed by atoms with Crippen LogP contribution in [0.25, 0.3) is 10.6 Å². The number of benzene rings is 3. The van der Waals surface area contributed by atoms with Crippen LogP contribution >= 0.6 is 46.3 Å². The highest BCUT2D eigenvalue weighted by Crippen LogP contribution is 2.31. The van der Waals surface area contributed by atoms with Crippen LogP contribution in [-0.4, -0.2) is 35.2 Å². The Morgan fingerprint density at radius 2 is 1.83 bits per heavy atom. The second kappa shape index (κ2) is 12.7. The van der Waals surface area contributed by atoms with E-state index < -0.39 is 0 Å². The van der Waals surface area contributed by atoms with Gasteiger partial charge in [-0.2, -0.15) is 5.10 Å². The molecule has 4 rings (SSSR count). The third-order valence-corrected chi connectivity index (χ3v) is 7.59. The number of ether oxygens (including phenoxy) is 2. The number of thioether (sulfide) groups is 1. The number of methoxy groups -OCH3 is 1. The van der Waals surface area contributed by atoms with Gasteiger partial charge in [-0.15, -0.1) is 10.2 Å². The average molecular weight is 560 g/mol. The largest absolute Gasteiger partial charge is 0.493 e. The average Bonchev–Trinajstić information content (AvgIpc) is 3.37. The van der Waals surface area contributed by atoms with Gasteiger partial charge < -0.3 is 9.47 Å². The lowest BCUT2D eigenvalue weighted by atomic mass is 10.2. The Balaban J connectivity index is 1.28. The van der Waals surface area contributed by atoms with Crippen molar-refractivity contribution in [2.24, 2.45) is 5.10 Å². The molecule has 1 heterocycles. The zero-order chi connectivity index (χ0) is 25.3. The van der Waals surface area contributed by atoms with Crippen molar-refractivity contribution in [1.29, 1.82) is 0 Å². The number of nitrogens with zero attached hydrogens (tertiary/aromatic N) is 3. The second-order valence-corrected chi connectivity index (χ2v) is 10.2. The van der Waals surface area contributed by atoms with Crippen molar-refractivity contribution in [1.82, 2.24) is 15.6 Å². The van der Waals surface area contributed by atoms with Crippen molar-refractivity contribution < 1.29 is 14.3 Å². The summed E-state index contributed by atoms with van der Waals surface area (Å²) in [6, 6.07) is 20.4. The van der Waals surface area contributed by atoms with Crippen molar-refractivity contribution in [3.05, 3.63) is 87.9 Å². The lowest BCUT2D eigenvalue weighted by Crippen LogP contribution is -2.19. The summed E-state index contributed by atoms with van der Waals surface area (Å²) < 4.78 is 12.0. The first-order valence-corrected chi connectivity index (χ1v) is 13.2. The molecule has 0 fully saturated rings. The number of hydrazone groups is 1. The number of hydrogen-bond donors (Lipinski definition) is 1. The van der Waals surface area contributed by atoms with E-state index in [9.17, 15) is 4.79 Å². The van der Waals surface area contributed by atoms with E-state index in [1.807, 2.05) is 30.3 Å². The highest BCUT2D eigenvalue weighted by atomic mass is 35.5. The van der Waals surface area contributed by atoms with Gasteiger partial charge in [0.25, 0.3) is 5.91 Å². The molecule has 0 spiro atoms. The van der Waals surface area contributed by atoms with E-state index in [-0.39, 0.29) is 18.3 Å². The van der Waals surface area contributed by atoms with Gasteiger partial charge in [0, 0.05) is 21.2 Å². The van der Waals surface area contributed by atoms with Gasteiger partial charge in [0.1, 0.15) is 11.6 Å². The molecular formula is C25H20Cl2N4O3S2. The van der Waals surface area contributed by atoms with Crippen molar-refractivity contribution in [3.8, 4) is 22.1 Å². The highest BCUT2D eigenvalue weighted by molar-refractivity contribution is 8.01. The molecule has 0 bridgehead atoms. The summed E-state index contributed by atoms with van der Waals surface area (Å²) in [6.45, 7) is 0.192. The third kappa shape index (κ3) is 6.98. The first-order chi connectivity index (χ1) is 17.5. The Kier molecular flexibility index (Phi) is 9.18. The van der Waals surface area contributed by atoms with Gasteiger partial charge >= 0.3 is 0 Å². The summed E-state index contributed by atoms with van der Waals surface area (Å²) in [4.78, 5) is 12.2. The standard InChI is InChI=1S/C25H20Cl2N4O3S2/c1-33-22-12-16(10-11-21(22)34-14-18-19(26)8-5-9-20(18)27)13-28-29-23(32)15-35-25-31-30-24(36-25)17-6-3-2-4-7-17/h2-13H,14-15H2,1H3,(H,29,32). The zero-order valence-corrected chi connectivity index (χ0v) is 22.1. The minimum Gasteiger partial charge on any atom is -0.493 e. The second-order valence-electron chi connectivity index (χ2n) is 7.22. The molecule has 4 aromatic rings. The number of hydrogen-bond acceptors (Lipinski definition) is 8. The van der Waals surface area contributed by atoms with E-state index >= 15 is 0 Å². The first kappa shape index (κ1) is 26.0. The molecule has 3 aromatic carbocycles. The summed E-state index contributed by atoms with van der Waals surface area (Å²) in [5, 5.41) is 14.2. The van der Waals surface area contributed by atoms with Crippen LogP contribution in [0.4, 0.5) is 0 Å². The molecule has 0 saturated carbocycles. The zero-order valence-electron chi connectivity index (χ0n) is 19.0. The molecule has 36 heavy (non-hydrogen) atoms. The van der Waals surface area contributed by atoms with Crippen LogP contribution < -0.4 is 14.9 Å². The molecule has 7 nitrogen and oxygen atoms in total. The van der Waals surface area contributed by atoms with E-state index in [4.69, 9.17) is 32.7 Å². The molecule has 184 valence electrons.